The number of nitrogens with one attached hydrogen (secondary N) is 2. The van der Waals surface area contributed by atoms with E-state index >= 15 is 0 Å². The number of benzene rings is 2. The summed E-state index contributed by atoms with van der Waals surface area (Å²) in [5, 5.41) is 6.51. The summed E-state index contributed by atoms with van der Waals surface area (Å²) in [6, 6.07) is 7.77. The number of alkyl halides is 3. The van der Waals surface area contributed by atoms with Crippen LogP contribution < -0.4 is 10.6 Å². The van der Waals surface area contributed by atoms with Gasteiger partial charge in [0.05, 0.1) is 16.9 Å². The second kappa shape index (κ2) is 8.23. The Morgan fingerprint density at radius 1 is 1.17 bits per heavy atom. The molecule has 1 unspecified atom stereocenters. The maximum Gasteiger partial charge on any atom is 0.416 e. The molecule has 0 saturated carbocycles. The standard InChI is InChI=1S/C21H22F4N4O/c1-30-9-6-15-12-29(8-7-26-15)20-16-10-13(21(23,24)25)2-4-17(16)27-18-5-3-14(22)11-19(18)28-20/h2-5,10-11,15,26-27H,6-9,12H2,1H3. The zero-order valence-corrected chi connectivity index (χ0v) is 16.4. The van der Waals surface area contributed by atoms with Crippen LogP contribution in [0, 0.1) is 5.82 Å². The predicted molar refractivity (Wildman–Crippen MR) is 107 cm³/mol. The Balaban J connectivity index is 1.79. The topological polar surface area (TPSA) is 48.9 Å². The van der Waals surface area contributed by atoms with Crippen molar-refractivity contribution in [1.29, 1.82) is 0 Å². The maximum absolute atomic E-state index is 13.9. The number of piperazine rings is 1. The number of nitrogens with zero attached hydrogens (tertiary/aromatic N) is 2. The molecule has 0 amide bonds. The summed E-state index contributed by atoms with van der Waals surface area (Å²) < 4.78 is 59.2. The molecule has 160 valence electrons. The van der Waals surface area contributed by atoms with Crippen LogP contribution in [0.2, 0.25) is 0 Å². The maximum atomic E-state index is 13.9. The minimum atomic E-state index is -4.48. The van der Waals surface area contributed by atoms with E-state index in [4.69, 9.17) is 4.74 Å². The van der Waals surface area contributed by atoms with Crippen LogP contribution in [0.4, 0.5) is 34.6 Å². The molecule has 30 heavy (non-hydrogen) atoms. The van der Waals surface area contributed by atoms with Crippen molar-refractivity contribution in [2.75, 3.05) is 38.7 Å². The molecule has 2 aromatic rings. The van der Waals surface area contributed by atoms with Gasteiger partial charge in [-0.2, -0.15) is 13.2 Å². The summed E-state index contributed by atoms with van der Waals surface area (Å²) in [5.74, 6) is -0.0595. The molecule has 2 aromatic carbocycles. The Bertz CT molecular complexity index is 961. The molecular formula is C21H22F4N4O. The fourth-order valence-corrected chi connectivity index (χ4v) is 3.75. The molecular weight excluding hydrogens is 400 g/mol. The zero-order chi connectivity index (χ0) is 21.3. The minimum absolute atomic E-state index is 0.110. The first-order valence-corrected chi connectivity index (χ1v) is 9.69. The molecule has 2 aliphatic heterocycles. The van der Waals surface area contributed by atoms with Gasteiger partial charge in [-0.05, 0) is 36.8 Å². The van der Waals surface area contributed by atoms with Gasteiger partial charge in [-0.25, -0.2) is 9.38 Å². The average Bonchev–Trinajstić information content (AvgIpc) is 2.87. The molecule has 5 nitrogen and oxygen atoms in total. The molecule has 0 aliphatic carbocycles. The number of halogens is 4. The van der Waals surface area contributed by atoms with Gasteiger partial charge in [-0.3, -0.25) is 0 Å². The molecule has 1 saturated heterocycles. The monoisotopic (exact) mass is 422 g/mol. The average molecular weight is 422 g/mol. The van der Waals surface area contributed by atoms with Crippen LogP contribution >= 0.6 is 0 Å². The molecule has 0 radical (unpaired) electrons. The third kappa shape index (κ3) is 4.27. The normalized spacial score (nSPS) is 18.8. The van der Waals surface area contributed by atoms with Gasteiger partial charge in [0.1, 0.15) is 11.7 Å². The fourth-order valence-electron chi connectivity index (χ4n) is 3.75. The van der Waals surface area contributed by atoms with Gasteiger partial charge >= 0.3 is 6.18 Å². The highest BCUT2D eigenvalue weighted by atomic mass is 19.4. The van der Waals surface area contributed by atoms with Crippen LogP contribution in [0.5, 0.6) is 0 Å². The first-order chi connectivity index (χ1) is 14.3. The van der Waals surface area contributed by atoms with Crippen molar-refractivity contribution in [1.82, 2.24) is 10.2 Å². The molecule has 2 aliphatic rings. The smallest absolute Gasteiger partial charge is 0.385 e. The lowest BCUT2D eigenvalue weighted by atomic mass is 10.0. The second-order valence-corrected chi connectivity index (χ2v) is 7.36. The van der Waals surface area contributed by atoms with E-state index in [1.54, 1.807) is 7.11 Å². The fraction of sp³-hybridized carbons (Fsp3) is 0.381. The Morgan fingerprint density at radius 3 is 2.73 bits per heavy atom. The van der Waals surface area contributed by atoms with Gasteiger partial charge in [0, 0.05) is 56.7 Å². The number of hydrogen-bond acceptors (Lipinski definition) is 5. The number of fused-ring (bicyclic) bond motifs is 2. The Labute approximate surface area is 171 Å². The summed E-state index contributed by atoms with van der Waals surface area (Å²) >= 11 is 0. The van der Waals surface area contributed by atoms with Crippen molar-refractivity contribution in [2.24, 2.45) is 4.99 Å². The van der Waals surface area contributed by atoms with Crippen molar-refractivity contribution in [2.45, 2.75) is 18.6 Å². The summed E-state index contributed by atoms with van der Waals surface area (Å²) in [5.41, 5.74) is 0.979. The number of methoxy groups -OCH3 is 1. The van der Waals surface area contributed by atoms with E-state index in [9.17, 15) is 17.6 Å². The number of hydrogen-bond donors (Lipinski definition) is 2. The molecule has 1 atom stereocenters. The lowest BCUT2D eigenvalue weighted by Gasteiger charge is -2.36. The van der Waals surface area contributed by atoms with E-state index in [1.807, 2.05) is 4.90 Å². The van der Waals surface area contributed by atoms with Crippen LogP contribution in [0.3, 0.4) is 0 Å². The SMILES string of the molecule is COCCC1CN(C2=Nc3cc(F)ccc3Nc3ccc(C(F)(F)F)cc32)CCN1. The van der Waals surface area contributed by atoms with Crippen LogP contribution in [0.1, 0.15) is 17.5 Å². The first kappa shape index (κ1) is 20.6. The minimum Gasteiger partial charge on any atom is -0.385 e. The number of aliphatic imine (C=N–C) groups is 1. The predicted octanol–water partition coefficient (Wildman–Crippen LogP) is 4.29. The highest BCUT2D eigenvalue weighted by Crippen LogP contribution is 2.38. The van der Waals surface area contributed by atoms with Crippen molar-refractivity contribution >= 4 is 22.9 Å². The van der Waals surface area contributed by atoms with Crippen molar-refractivity contribution in [3.8, 4) is 0 Å². The molecule has 2 heterocycles. The van der Waals surface area contributed by atoms with Gasteiger partial charge in [0.25, 0.3) is 0 Å². The lowest BCUT2D eigenvalue weighted by Crippen LogP contribution is -2.53. The molecule has 4 rings (SSSR count). The van der Waals surface area contributed by atoms with Crippen molar-refractivity contribution < 1.29 is 22.3 Å². The van der Waals surface area contributed by atoms with E-state index in [2.05, 4.69) is 15.6 Å². The highest BCUT2D eigenvalue weighted by molar-refractivity contribution is 6.08. The van der Waals surface area contributed by atoms with Crippen LogP contribution in [-0.4, -0.2) is 50.1 Å². The number of amidine groups is 1. The second-order valence-electron chi connectivity index (χ2n) is 7.36. The number of anilines is 2. The Morgan fingerprint density at radius 2 is 1.97 bits per heavy atom. The molecule has 0 aromatic heterocycles. The summed E-state index contributed by atoms with van der Waals surface area (Å²) in [4.78, 5) is 6.57. The van der Waals surface area contributed by atoms with Crippen LogP contribution in [0.15, 0.2) is 41.4 Å². The van der Waals surface area contributed by atoms with Gasteiger partial charge in [-0.15, -0.1) is 0 Å². The van der Waals surface area contributed by atoms with Gasteiger partial charge in [-0.1, -0.05) is 0 Å². The van der Waals surface area contributed by atoms with E-state index in [0.717, 1.165) is 18.6 Å². The lowest BCUT2D eigenvalue weighted by molar-refractivity contribution is -0.137. The van der Waals surface area contributed by atoms with Crippen molar-refractivity contribution in [3.05, 3.63) is 53.3 Å². The summed E-state index contributed by atoms with van der Waals surface area (Å²) in [7, 11) is 1.63. The van der Waals surface area contributed by atoms with E-state index in [-0.39, 0.29) is 6.04 Å². The van der Waals surface area contributed by atoms with E-state index < -0.39 is 17.6 Å². The molecule has 1 fully saturated rings. The van der Waals surface area contributed by atoms with Crippen LogP contribution in [-0.2, 0) is 10.9 Å². The number of rotatable bonds is 3. The largest absolute Gasteiger partial charge is 0.416 e. The molecule has 0 bridgehead atoms. The Hall–Kier alpha value is -2.65. The van der Waals surface area contributed by atoms with Gasteiger partial charge < -0.3 is 20.3 Å². The molecule has 2 N–H and O–H groups in total. The Kier molecular flexibility index (Phi) is 5.66. The quantitative estimate of drug-likeness (QED) is 0.725. The highest BCUT2D eigenvalue weighted by Gasteiger charge is 2.33. The van der Waals surface area contributed by atoms with Gasteiger partial charge in [0.2, 0.25) is 0 Å². The number of ether oxygens (including phenoxy) is 1. The third-order valence-electron chi connectivity index (χ3n) is 5.27. The third-order valence-corrected chi connectivity index (χ3v) is 5.27. The first-order valence-electron chi connectivity index (χ1n) is 9.69. The van der Waals surface area contributed by atoms with E-state index in [0.29, 0.717) is 54.7 Å². The summed E-state index contributed by atoms with van der Waals surface area (Å²) in [6.07, 6.45) is -3.71. The summed E-state index contributed by atoms with van der Waals surface area (Å²) in [6.45, 7) is 2.36. The van der Waals surface area contributed by atoms with Gasteiger partial charge in [0.15, 0.2) is 0 Å². The molecule has 9 heteroatoms. The zero-order valence-electron chi connectivity index (χ0n) is 16.4. The van der Waals surface area contributed by atoms with Crippen LogP contribution in [0.25, 0.3) is 0 Å². The van der Waals surface area contributed by atoms with E-state index in [1.165, 1.54) is 24.3 Å². The molecule has 0 spiro atoms. The van der Waals surface area contributed by atoms with Crippen molar-refractivity contribution in [3.63, 3.8) is 0 Å².